The minimum Gasteiger partial charge on any atom is -0.364 e. The van der Waals surface area contributed by atoms with Gasteiger partial charge in [0.15, 0.2) is 0 Å². The fourth-order valence-corrected chi connectivity index (χ4v) is 3.37. The monoisotopic (exact) mass is 358 g/mol. The highest BCUT2D eigenvalue weighted by Crippen LogP contribution is 2.25. The van der Waals surface area contributed by atoms with Gasteiger partial charge >= 0.3 is 0 Å². The summed E-state index contributed by atoms with van der Waals surface area (Å²) in [6.07, 6.45) is 1.72. The largest absolute Gasteiger partial charge is 0.364 e. The van der Waals surface area contributed by atoms with Gasteiger partial charge in [-0.1, -0.05) is 60.1 Å². The van der Waals surface area contributed by atoms with Crippen LogP contribution in [0.1, 0.15) is 30.0 Å². The number of hydrogen-bond acceptors (Lipinski definition) is 3. The van der Waals surface area contributed by atoms with Gasteiger partial charge in [-0.05, 0) is 36.5 Å². The molecule has 5 heteroatoms. The molecule has 1 heterocycles. The van der Waals surface area contributed by atoms with Crippen molar-refractivity contribution in [3.05, 3.63) is 70.7 Å². The first kappa shape index (κ1) is 17.9. The molecule has 3 atom stereocenters. The van der Waals surface area contributed by atoms with Crippen LogP contribution in [0.25, 0.3) is 0 Å². The van der Waals surface area contributed by atoms with E-state index in [-0.39, 0.29) is 18.1 Å². The topological polar surface area (TPSA) is 64.4 Å². The van der Waals surface area contributed by atoms with Crippen LogP contribution in [-0.4, -0.2) is 24.7 Å². The van der Waals surface area contributed by atoms with Gasteiger partial charge in [0.25, 0.3) is 0 Å². The Bertz CT molecular complexity index is 708. The minimum absolute atomic E-state index is 0.0190. The molecule has 0 aromatic heterocycles. The first-order valence-electron chi connectivity index (χ1n) is 8.61. The summed E-state index contributed by atoms with van der Waals surface area (Å²) >= 11 is 6.31. The molecule has 0 bridgehead atoms. The maximum Gasteiger partial charge on any atom is 0.249 e. The van der Waals surface area contributed by atoms with Crippen molar-refractivity contribution in [2.45, 2.75) is 37.5 Å². The van der Waals surface area contributed by atoms with Gasteiger partial charge in [-0.15, -0.1) is 0 Å². The number of rotatable bonds is 6. The summed E-state index contributed by atoms with van der Waals surface area (Å²) in [5, 5.41) is 3.84. The lowest BCUT2D eigenvalue weighted by molar-refractivity contribution is -0.132. The van der Waals surface area contributed by atoms with Crippen molar-refractivity contribution >= 4 is 17.5 Å². The highest BCUT2D eigenvalue weighted by molar-refractivity contribution is 6.31. The lowest BCUT2D eigenvalue weighted by Gasteiger charge is -2.22. The second kappa shape index (κ2) is 8.48. The van der Waals surface area contributed by atoms with Gasteiger partial charge in [-0.2, -0.15) is 0 Å². The lowest BCUT2D eigenvalue weighted by atomic mass is 9.98. The van der Waals surface area contributed by atoms with Crippen LogP contribution in [0.15, 0.2) is 54.6 Å². The van der Waals surface area contributed by atoms with E-state index in [4.69, 9.17) is 22.1 Å². The molecule has 1 saturated heterocycles. The van der Waals surface area contributed by atoms with E-state index in [2.05, 4.69) is 5.32 Å². The molecule has 1 unspecified atom stereocenters. The van der Waals surface area contributed by atoms with Crippen LogP contribution in [0.2, 0.25) is 5.02 Å². The van der Waals surface area contributed by atoms with Gasteiger partial charge in [-0.25, -0.2) is 0 Å². The molecule has 2 aromatic rings. The summed E-state index contributed by atoms with van der Waals surface area (Å²) in [6, 6.07) is 17.5. The van der Waals surface area contributed by atoms with Crippen molar-refractivity contribution in [2.75, 3.05) is 6.54 Å². The van der Waals surface area contributed by atoms with E-state index in [9.17, 15) is 4.79 Å². The molecule has 0 aliphatic carbocycles. The van der Waals surface area contributed by atoms with Crippen molar-refractivity contribution in [3.63, 3.8) is 0 Å². The van der Waals surface area contributed by atoms with E-state index >= 15 is 0 Å². The van der Waals surface area contributed by atoms with Crippen molar-refractivity contribution < 1.29 is 9.53 Å². The Morgan fingerprint density at radius 1 is 1.16 bits per heavy atom. The van der Waals surface area contributed by atoms with Crippen molar-refractivity contribution in [1.29, 1.82) is 0 Å². The van der Waals surface area contributed by atoms with Crippen LogP contribution in [0.3, 0.4) is 0 Å². The number of nitrogens with one attached hydrogen (secondary N) is 1. The molecule has 1 fully saturated rings. The van der Waals surface area contributed by atoms with Gasteiger partial charge in [0, 0.05) is 11.6 Å². The molecule has 0 spiro atoms. The summed E-state index contributed by atoms with van der Waals surface area (Å²) in [5.74, 6) is -0.0862. The van der Waals surface area contributed by atoms with Crippen LogP contribution < -0.4 is 11.1 Å². The van der Waals surface area contributed by atoms with Gasteiger partial charge in [0.1, 0.15) is 6.10 Å². The van der Waals surface area contributed by atoms with E-state index in [1.807, 2.05) is 54.6 Å². The Morgan fingerprint density at radius 2 is 1.88 bits per heavy atom. The number of hydrogen-bond donors (Lipinski definition) is 2. The van der Waals surface area contributed by atoms with E-state index in [0.29, 0.717) is 24.4 Å². The van der Waals surface area contributed by atoms with Crippen molar-refractivity contribution in [3.8, 4) is 0 Å². The Hall–Kier alpha value is -1.88. The third-order valence-corrected chi connectivity index (χ3v) is 4.93. The number of amides is 1. The Morgan fingerprint density at radius 3 is 2.56 bits per heavy atom. The summed E-state index contributed by atoms with van der Waals surface area (Å²) in [6.45, 7) is 0.450. The number of carbonyl (C=O) groups is 1. The van der Waals surface area contributed by atoms with Gasteiger partial charge in [0.05, 0.1) is 12.1 Å². The summed E-state index contributed by atoms with van der Waals surface area (Å²) in [4.78, 5) is 12.7. The summed E-state index contributed by atoms with van der Waals surface area (Å²) < 4.78 is 5.72. The van der Waals surface area contributed by atoms with Crippen molar-refractivity contribution in [2.24, 2.45) is 5.73 Å². The third-order valence-electron chi connectivity index (χ3n) is 4.56. The van der Waals surface area contributed by atoms with Crippen LogP contribution in [0.4, 0.5) is 0 Å². The second-order valence-corrected chi connectivity index (χ2v) is 6.73. The molecule has 1 aliphatic rings. The van der Waals surface area contributed by atoms with Crippen LogP contribution >= 0.6 is 11.6 Å². The highest BCUT2D eigenvalue weighted by atomic mass is 35.5. The maximum absolute atomic E-state index is 12.7. The standard InChI is InChI=1S/C20H23ClN2O2/c21-17-9-5-4-8-15(17)12-18(14-6-2-1-3-7-14)23-20(24)19-11-10-16(13-22)25-19/h1-9,16,18-19H,10-13,22H2,(H,23,24)/t16-,18?,19+/m1/s1. The fourth-order valence-electron chi connectivity index (χ4n) is 3.16. The highest BCUT2D eigenvalue weighted by Gasteiger charge is 2.31. The predicted molar refractivity (Wildman–Crippen MR) is 99.4 cm³/mol. The predicted octanol–water partition coefficient (Wildman–Crippen LogP) is 3.25. The molecule has 1 aliphatic heterocycles. The van der Waals surface area contributed by atoms with Gasteiger partial charge in [0.2, 0.25) is 5.91 Å². The fraction of sp³-hybridized carbons (Fsp3) is 0.350. The zero-order valence-corrected chi connectivity index (χ0v) is 14.8. The Labute approximate surface area is 153 Å². The molecule has 0 saturated carbocycles. The number of nitrogens with two attached hydrogens (primary N) is 1. The molecule has 1 amide bonds. The molecule has 25 heavy (non-hydrogen) atoms. The molecular weight excluding hydrogens is 336 g/mol. The Kier molecular flexibility index (Phi) is 6.08. The first-order chi connectivity index (χ1) is 12.2. The number of ether oxygens (including phenoxy) is 1. The summed E-state index contributed by atoms with van der Waals surface area (Å²) in [5.41, 5.74) is 7.69. The smallest absolute Gasteiger partial charge is 0.249 e. The van der Waals surface area contributed by atoms with Crippen LogP contribution in [0.5, 0.6) is 0 Å². The van der Waals surface area contributed by atoms with E-state index < -0.39 is 6.10 Å². The van der Waals surface area contributed by atoms with Crippen LogP contribution in [0, 0.1) is 0 Å². The zero-order chi connectivity index (χ0) is 17.6. The van der Waals surface area contributed by atoms with Crippen molar-refractivity contribution in [1.82, 2.24) is 5.32 Å². The second-order valence-electron chi connectivity index (χ2n) is 6.33. The van der Waals surface area contributed by atoms with Gasteiger partial charge in [-0.3, -0.25) is 4.79 Å². The lowest BCUT2D eigenvalue weighted by Crippen LogP contribution is -2.38. The maximum atomic E-state index is 12.7. The number of halogens is 1. The van der Waals surface area contributed by atoms with E-state index in [1.54, 1.807) is 0 Å². The quantitative estimate of drug-likeness (QED) is 0.833. The normalized spacial score (nSPS) is 21.0. The SMILES string of the molecule is NC[C@H]1CC[C@@H](C(=O)NC(Cc2ccccc2Cl)c2ccccc2)O1. The zero-order valence-electron chi connectivity index (χ0n) is 14.0. The average molecular weight is 359 g/mol. The minimum atomic E-state index is -0.425. The molecule has 3 rings (SSSR count). The van der Waals surface area contributed by atoms with Crippen LogP contribution in [-0.2, 0) is 16.0 Å². The van der Waals surface area contributed by atoms with Gasteiger partial charge < -0.3 is 15.8 Å². The molecule has 4 nitrogen and oxygen atoms in total. The van der Waals surface area contributed by atoms with E-state index in [1.165, 1.54) is 0 Å². The average Bonchev–Trinajstić information content (AvgIpc) is 3.13. The molecule has 3 N–H and O–H groups in total. The number of benzene rings is 2. The molecule has 132 valence electrons. The number of carbonyl (C=O) groups excluding carboxylic acids is 1. The Balaban J connectivity index is 1.75. The molecule has 0 radical (unpaired) electrons. The molecular formula is C20H23ClN2O2. The molecule has 2 aromatic carbocycles. The third kappa shape index (κ3) is 4.60. The first-order valence-corrected chi connectivity index (χ1v) is 8.99. The van der Waals surface area contributed by atoms with E-state index in [0.717, 1.165) is 17.5 Å². The summed E-state index contributed by atoms with van der Waals surface area (Å²) in [7, 11) is 0.